The molecular formula is C17H21NO4S. The fraction of sp³-hybridized carbons (Fsp3) is 0.294. The number of rotatable bonds is 6. The number of methoxy groups -OCH3 is 2. The molecule has 2 rings (SSSR count). The number of aryl methyl sites for hydroxylation is 1. The van der Waals surface area contributed by atoms with Crippen molar-refractivity contribution in [1.82, 2.24) is 4.72 Å². The van der Waals surface area contributed by atoms with Gasteiger partial charge < -0.3 is 9.47 Å². The van der Waals surface area contributed by atoms with Crippen molar-refractivity contribution in [2.45, 2.75) is 25.3 Å². The highest BCUT2D eigenvalue weighted by atomic mass is 32.2. The first-order chi connectivity index (χ1) is 10.9. The molecule has 0 amide bonds. The van der Waals surface area contributed by atoms with Crippen LogP contribution in [-0.2, 0) is 16.6 Å². The van der Waals surface area contributed by atoms with E-state index in [1.54, 1.807) is 50.6 Å². The molecule has 2 aromatic carbocycles. The minimum absolute atomic E-state index is 0.143. The maximum Gasteiger partial charge on any atom is 0.240 e. The van der Waals surface area contributed by atoms with Crippen LogP contribution in [0.2, 0.25) is 0 Å². The highest BCUT2D eigenvalue weighted by Gasteiger charge is 2.16. The van der Waals surface area contributed by atoms with Crippen LogP contribution in [0.4, 0.5) is 0 Å². The van der Waals surface area contributed by atoms with E-state index >= 15 is 0 Å². The molecule has 0 aliphatic carbocycles. The van der Waals surface area contributed by atoms with Crippen molar-refractivity contribution >= 4 is 10.0 Å². The SMILES string of the molecule is COc1ccc(CNS(=O)(=O)c2ccc(C)cc2)c(OC)c1C. The normalized spacial score (nSPS) is 11.3. The van der Waals surface area contributed by atoms with Crippen molar-refractivity contribution in [3.63, 3.8) is 0 Å². The van der Waals surface area contributed by atoms with Gasteiger partial charge in [0.15, 0.2) is 0 Å². The van der Waals surface area contributed by atoms with Crippen LogP contribution >= 0.6 is 0 Å². The molecule has 1 N–H and O–H groups in total. The van der Waals surface area contributed by atoms with Crippen molar-refractivity contribution in [2.75, 3.05) is 14.2 Å². The molecule has 0 aromatic heterocycles. The maximum absolute atomic E-state index is 12.3. The first-order valence-electron chi connectivity index (χ1n) is 7.16. The smallest absolute Gasteiger partial charge is 0.240 e. The molecule has 0 aliphatic heterocycles. The Hall–Kier alpha value is -2.05. The summed E-state index contributed by atoms with van der Waals surface area (Å²) in [6.45, 7) is 3.93. The summed E-state index contributed by atoms with van der Waals surface area (Å²) < 4.78 is 37.9. The fourth-order valence-corrected chi connectivity index (χ4v) is 3.35. The number of sulfonamides is 1. The Morgan fingerprint density at radius 1 is 0.957 bits per heavy atom. The van der Waals surface area contributed by atoms with Gasteiger partial charge in [0, 0.05) is 17.7 Å². The summed E-state index contributed by atoms with van der Waals surface area (Å²) in [5.41, 5.74) is 2.60. The predicted octanol–water partition coefficient (Wildman–Crippen LogP) is 2.80. The molecule has 23 heavy (non-hydrogen) atoms. The van der Waals surface area contributed by atoms with Gasteiger partial charge in [0.25, 0.3) is 0 Å². The number of nitrogens with one attached hydrogen (secondary N) is 1. The van der Waals surface area contributed by atoms with Gasteiger partial charge >= 0.3 is 0 Å². The lowest BCUT2D eigenvalue weighted by atomic mass is 10.1. The molecule has 0 spiro atoms. The van der Waals surface area contributed by atoms with E-state index in [-0.39, 0.29) is 11.4 Å². The number of hydrogen-bond donors (Lipinski definition) is 1. The first-order valence-corrected chi connectivity index (χ1v) is 8.64. The van der Waals surface area contributed by atoms with E-state index in [0.717, 1.165) is 16.7 Å². The minimum atomic E-state index is -3.57. The van der Waals surface area contributed by atoms with E-state index in [9.17, 15) is 8.42 Å². The standard InChI is InChI=1S/C17H21NO4S/c1-12-5-8-15(9-6-12)23(19,20)18-11-14-7-10-16(21-3)13(2)17(14)22-4/h5-10,18H,11H2,1-4H3. The minimum Gasteiger partial charge on any atom is -0.496 e. The highest BCUT2D eigenvalue weighted by Crippen LogP contribution is 2.31. The molecule has 0 bridgehead atoms. The van der Waals surface area contributed by atoms with Gasteiger partial charge in [-0.1, -0.05) is 23.8 Å². The highest BCUT2D eigenvalue weighted by molar-refractivity contribution is 7.89. The van der Waals surface area contributed by atoms with Crippen LogP contribution in [0.25, 0.3) is 0 Å². The van der Waals surface area contributed by atoms with Gasteiger partial charge in [0.1, 0.15) is 11.5 Å². The van der Waals surface area contributed by atoms with E-state index < -0.39 is 10.0 Å². The zero-order valence-corrected chi connectivity index (χ0v) is 14.5. The third-order valence-corrected chi connectivity index (χ3v) is 5.06. The molecular weight excluding hydrogens is 314 g/mol. The lowest BCUT2D eigenvalue weighted by Gasteiger charge is -2.15. The van der Waals surface area contributed by atoms with Gasteiger partial charge in [-0.15, -0.1) is 0 Å². The Morgan fingerprint density at radius 2 is 1.61 bits per heavy atom. The van der Waals surface area contributed by atoms with Gasteiger partial charge in [-0.3, -0.25) is 0 Å². The molecule has 5 nitrogen and oxygen atoms in total. The van der Waals surface area contributed by atoms with Crippen molar-refractivity contribution in [1.29, 1.82) is 0 Å². The molecule has 0 saturated heterocycles. The Kier molecular flexibility index (Phi) is 5.28. The molecule has 0 aliphatic rings. The van der Waals surface area contributed by atoms with Crippen molar-refractivity contribution in [3.8, 4) is 11.5 Å². The van der Waals surface area contributed by atoms with Crippen LogP contribution in [0.3, 0.4) is 0 Å². The van der Waals surface area contributed by atoms with Gasteiger partial charge in [-0.2, -0.15) is 0 Å². The Morgan fingerprint density at radius 3 is 2.17 bits per heavy atom. The Balaban J connectivity index is 2.23. The number of ether oxygens (including phenoxy) is 2. The van der Waals surface area contributed by atoms with E-state index in [2.05, 4.69) is 4.72 Å². The summed E-state index contributed by atoms with van der Waals surface area (Å²) in [7, 11) is -0.425. The van der Waals surface area contributed by atoms with E-state index in [1.165, 1.54) is 0 Å². The molecule has 0 radical (unpaired) electrons. The fourth-order valence-electron chi connectivity index (χ4n) is 2.35. The molecule has 0 fully saturated rings. The quantitative estimate of drug-likeness (QED) is 0.882. The van der Waals surface area contributed by atoms with Crippen LogP contribution in [0.1, 0.15) is 16.7 Å². The second-order valence-electron chi connectivity index (χ2n) is 5.22. The van der Waals surface area contributed by atoms with Crippen LogP contribution in [0.15, 0.2) is 41.3 Å². The third-order valence-electron chi connectivity index (χ3n) is 3.65. The van der Waals surface area contributed by atoms with Gasteiger partial charge in [0.05, 0.1) is 19.1 Å². The number of benzene rings is 2. The van der Waals surface area contributed by atoms with Gasteiger partial charge in [-0.25, -0.2) is 13.1 Å². The summed E-state index contributed by atoms with van der Waals surface area (Å²) in [5.74, 6) is 1.32. The third kappa shape index (κ3) is 3.83. The number of hydrogen-bond acceptors (Lipinski definition) is 4. The molecule has 0 atom stereocenters. The van der Waals surface area contributed by atoms with E-state index in [0.29, 0.717) is 11.5 Å². The average molecular weight is 335 g/mol. The molecule has 0 heterocycles. The largest absolute Gasteiger partial charge is 0.496 e. The zero-order chi connectivity index (χ0) is 17.0. The van der Waals surface area contributed by atoms with Gasteiger partial charge in [-0.05, 0) is 32.0 Å². The van der Waals surface area contributed by atoms with Crippen LogP contribution in [0, 0.1) is 13.8 Å². The summed E-state index contributed by atoms with van der Waals surface area (Å²) in [5, 5.41) is 0. The summed E-state index contributed by atoms with van der Waals surface area (Å²) in [6.07, 6.45) is 0. The van der Waals surface area contributed by atoms with Crippen molar-refractivity contribution in [3.05, 3.63) is 53.1 Å². The van der Waals surface area contributed by atoms with Crippen molar-refractivity contribution in [2.24, 2.45) is 0 Å². The van der Waals surface area contributed by atoms with Crippen LogP contribution < -0.4 is 14.2 Å². The molecule has 2 aromatic rings. The van der Waals surface area contributed by atoms with Crippen LogP contribution in [0.5, 0.6) is 11.5 Å². The summed E-state index contributed by atoms with van der Waals surface area (Å²) in [4.78, 5) is 0.243. The Labute approximate surface area is 137 Å². The second kappa shape index (κ2) is 7.02. The lowest BCUT2D eigenvalue weighted by Crippen LogP contribution is -2.23. The summed E-state index contributed by atoms with van der Waals surface area (Å²) >= 11 is 0. The summed E-state index contributed by atoms with van der Waals surface area (Å²) in [6, 6.07) is 10.3. The predicted molar refractivity (Wildman–Crippen MR) is 89.5 cm³/mol. The molecule has 0 unspecified atom stereocenters. The second-order valence-corrected chi connectivity index (χ2v) is 6.99. The monoisotopic (exact) mass is 335 g/mol. The van der Waals surface area contributed by atoms with Gasteiger partial charge in [0.2, 0.25) is 10.0 Å². The van der Waals surface area contributed by atoms with E-state index in [4.69, 9.17) is 9.47 Å². The maximum atomic E-state index is 12.3. The average Bonchev–Trinajstić information content (AvgIpc) is 2.53. The molecule has 124 valence electrons. The zero-order valence-electron chi connectivity index (χ0n) is 13.7. The molecule has 6 heteroatoms. The lowest BCUT2D eigenvalue weighted by molar-refractivity contribution is 0.385. The van der Waals surface area contributed by atoms with Crippen LogP contribution in [-0.4, -0.2) is 22.6 Å². The first kappa shape index (κ1) is 17.3. The topological polar surface area (TPSA) is 64.6 Å². The Bertz CT molecular complexity index is 783. The molecule has 0 saturated carbocycles. The van der Waals surface area contributed by atoms with Crippen molar-refractivity contribution < 1.29 is 17.9 Å². The van der Waals surface area contributed by atoms with E-state index in [1.807, 2.05) is 13.8 Å².